The van der Waals surface area contributed by atoms with E-state index >= 15 is 0 Å². The Morgan fingerprint density at radius 2 is 1.85 bits per heavy atom. The molecule has 0 spiro atoms. The third kappa shape index (κ3) is 3.92. The number of carbonyl (C=O) groups excluding carboxylic acids is 1. The number of aryl methyl sites for hydroxylation is 1. The molecule has 0 aliphatic carbocycles. The third-order valence-electron chi connectivity index (χ3n) is 3.55. The molecule has 0 saturated carbocycles. The zero-order valence-electron chi connectivity index (χ0n) is 14.6. The Morgan fingerprint density at radius 3 is 2.46 bits per heavy atom. The second kappa shape index (κ2) is 7.56. The Balaban J connectivity index is 1.67. The lowest BCUT2D eigenvalue weighted by Crippen LogP contribution is -2.12. The van der Waals surface area contributed by atoms with Crippen LogP contribution in [0.3, 0.4) is 0 Å². The van der Waals surface area contributed by atoms with Gasteiger partial charge in [-0.2, -0.15) is 0 Å². The topological polar surface area (TPSA) is 98.5 Å². The first kappa shape index (κ1) is 17.3. The van der Waals surface area contributed by atoms with E-state index < -0.39 is 0 Å². The van der Waals surface area contributed by atoms with Gasteiger partial charge in [-0.1, -0.05) is 5.16 Å². The summed E-state index contributed by atoms with van der Waals surface area (Å²) in [6.45, 7) is 1.80. The fourth-order valence-electron chi connectivity index (χ4n) is 2.28. The van der Waals surface area contributed by atoms with Gasteiger partial charge in [0.1, 0.15) is 11.6 Å². The second-order valence-corrected chi connectivity index (χ2v) is 5.40. The van der Waals surface area contributed by atoms with Crippen LogP contribution in [0.4, 0.5) is 17.3 Å². The summed E-state index contributed by atoms with van der Waals surface area (Å²) in [5.74, 6) is 2.62. The Kier molecular flexibility index (Phi) is 5.02. The maximum absolute atomic E-state index is 12.4. The van der Waals surface area contributed by atoms with Crippen LogP contribution in [-0.4, -0.2) is 30.3 Å². The van der Waals surface area contributed by atoms with Gasteiger partial charge < -0.3 is 24.6 Å². The predicted octanol–water partition coefficient (Wildman–Crippen LogP) is 3.39. The van der Waals surface area contributed by atoms with Crippen LogP contribution < -0.4 is 20.1 Å². The van der Waals surface area contributed by atoms with E-state index in [4.69, 9.17) is 14.0 Å². The summed E-state index contributed by atoms with van der Waals surface area (Å²) in [7, 11) is 3.06. The van der Waals surface area contributed by atoms with E-state index in [0.717, 1.165) is 0 Å². The SMILES string of the molecule is COc1ccc(C(=O)Nc2ccc(Nc3cc(C)on3)nc2)cc1OC. The quantitative estimate of drug-likeness (QED) is 0.700. The van der Waals surface area contributed by atoms with Crippen molar-refractivity contribution in [3.63, 3.8) is 0 Å². The van der Waals surface area contributed by atoms with Gasteiger partial charge in [0.25, 0.3) is 5.91 Å². The molecule has 3 rings (SSSR count). The Morgan fingerprint density at radius 1 is 1.04 bits per heavy atom. The normalized spacial score (nSPS) is 10.3. The number of aromatic nitrogens is 2. The smallest absolute Gasteiger partial charge is 0.255 e. The van der Waals surface area contributed by atoms with Crippen LogP contribution in [0.5, 0.6) is 11.5 Å². The van der Waals surface area contributed by atoms with Gasteiger partial charge in [-0.15, -0.1) is 0 Å². The monoisotopic (exact) mass is 354 g/mol. The first-order chi connectivity index (χ1) is 12.6. The minimum Gasteiger partial charge on any atom is -0.493 e. The highest BCUT2D eigenvalue weighted by atomic mass is 16.5. The maximum Gasteiger partial charge on any atom is 0.255 e. The number of benzene rings is 1. The Bertz CT molecular complexity index is 906. The molecule has 3 aromatic rings. The van der Waals surface area contributed by atoms with Gasteiger partial charge in [0, 0.05) is 11.6 Å². The fourth-order valence-corrected chi connectivity index (χ4v) is 2.28. The molecule has 0 aliphatic rings. The highest BCUT2D eigenvalue weighted by molar-refractivity contribution is 6.04. The highest BCUT2D eigenvalue weighted by Crippen LogP contribution is 2.28. The van der Waals surface area contributed by atoms with Crippen molar-refractivity contribution < 1.29 is 18.8 Å². The van der Waals surface area contributed by atoms with E-state index in [1.165, 1.54) is 7.11 Å². The third-order valence-corrected chi connectivity index (χ3v) is 3.55. The molecular formula is C18H18N4O4. The van der Waals surface area contributed by atoms with Gasteiger partial charge in [-0.05, 0) is 37.3 Å². The van der Waals surface area contributed by atoms with Crippen molar-refractivity contribution in [1.29, 1.82) is 0 Å². The molecule has 2 heterocycles. The van der Waals surface area contributed by atoms with Crippen LogP contribution >= 0.6 is 0 Å². The molecule has 0 atom stereocenters. The molecule has 134 valence electrons. The summed E-state index contributed by atoms with van der Waals surface area (Å²) >= 11 is 0. The molecule has 0 unspecified atom stereocenters. The van der Waals surface area contributed by atoms with Gasteiger partial charge in [-0.25, -0.2) is 4.98 Å². The van der Waals surface area contributed by atoms with Gasteiger partial charge >= 0.3 is 0 Å². The fraction of sp³-hybridized carbons (Fsp3) is 0.167. The zero-order chi connectivity index (χ0) is 18.5. The van der Waals surface area contributed by atoms with Gasteiger partial charge in [-0.3, -0.25) is 4.79 Å². The van der Waals surface area contributed by atoms with Gasteiger partial charge in [0.15, 0.2) is 17.3 Å². The van der Waals surface area contributed by atoms with Crippen LogP contribution in [0.15, 0.2) is 47.1 Å². The predicted molar refractivity (Wildman–Crippen MR) is 96.3 cm³/mol. The average Bonchev–Trinajstić information content (AvgIpc) is 3.07. The van der Waals surface area contributed by atoms with Crippen LogP contribution in [0.2, 0.25) is 0 Å². The van der Waals surface area contributed by atoms with Crippen molar-refractivity contribution >= 4 is 23.2 Å². The summed E-state index contributed by atoms with van der Waals surface area (Å²) in [5.41, 5.74) is 1.01. The minimum atomic E-state index is -0.277. The summed E-state index contributed by atoms with van der Waals surface area (Å²) in [6, 6.07) is 10.2. The van der Waals surface area contributed by atoms with E-state index in [1.807, 2.05) is 0 Å². The number of pyridine rings is 1. The maximum atomic E-state index is 12.4. The van der Waals surface area contributed by atoms with Crippen molar-refractivity contribution in [2.45, 2.75) is 6.92 Å². The lowest BCUT2D eigenvalue weighted by Gasteiger charge is -2.10. The number of anilines is 3. The summed E-state index contributed by atoms with van der Waals surface area (Å²) in [5, 5.41) is 9.62. The van der Waals surface area contributed by atoms with Crippen LogP contribution in [0, 0.1) is 6.92 Å². The Labute approximate surface area is 150 Å². The van der Waals surface area contributed by atoms with E-state index in [1.54, 1.807) is 56.6 Å². The molecule has 1 amide bonds. The van der Waals surface area contributed by atoms with Crippen molar-refractivity contribution in [2.24, 2.45) is 0 Å². The first-order valence-corrected chi connectivity index (χ1v) is 7.79. The highest BCUT2D eigenvalue weighted by Gasteiger charge is 2.11. The molecule has 0 bridgehead atoms. The number of nitrogens with zero attached hydrogens (tertiary/aromatic N) is 2. The molecule has 2 aromatic heterocycles. The summed E-state index contributed by atoms with van der Waals surface area (Å²) in [4.78, 5) is 16.6. The lowest BCUT2D eigenvalue weighted by molar-refractivity contribution is 0.102. The average molecular weight is 354 g/mol. The number of nitrogens with one attached hydrogen (secondary N) is 2. The molecule has 0 saturated heterocycles. The molecular weight excluding hydrogens is 336 g/mol. The van der Waals surface area contributed by atoms with Gasteiger partial charge in [0.2, 0.25) is 0 Å². The number of hydrogen-bond acceptors (Lipinski definition) is 7. The Hall–Kier alpha value is -3.55. The van der Waals surface area contributed by atoms with Crippen LogP contribution in [0.1, 0.15) is 16.1 Å². The van der Waals surface area contributed by atoms with E-state index in [0.29, 0.717) is 40.1 Å². The molecule has 8 nitrogen and oxygen atoms in total. The van der Waals surface area contributed by atoms with E-state index in [-0.39, 0.29) is 5.91 Å². The minimum absolute atomic E-state index is 0.277. The first-order valence-electron chi connectivity index (χ1n) is 7.79. The van der Waals surface area contributed by atoms with Crippen LogP contribution in [-0.2, 0) is 0 Å². The van der Waals surface area contributed by atoms with Crippen molar-refractivity contribution in [2.75, 3.05) is 24.9 Å². The number of rotatable bonds is 6. The number of ether oxygens (including phenoxy) is 2. The van der Waals surface area contributed by atoms with E-state index in [9.17, 15) is 4.79 Å². The van der Waals surface area contributed by atoms with E-state index in [2.05, 4.69) is 20.8 Å². The van der Waals surface area contributed by atoms with Crippen LogP contribution in [0.25, 0.3) is 0 Å². The van der Waals surface area contributed by atoms with Crippen molar-refractivity contribution in [3.05, 3.63) is 53.9 Å². The molecule has 2 N–H and O–H groups in total. The number of methoxy groups -OCH3 is 2. The molecule has 0 aliphatic heterocycles. The van der Waals surface area contributed by atoms with Gasteiger partial charge in [0.05, 0.1) is 26.1 Å². The molecule has 0 radical (unpaired) electrons. The number of carbonyl (C=O) groups is 1. The van der Waals surface area contributed by atoms with Crippen molar-refractivity contribution in [1.82, 2.24) is 10.1 Å². The standard InChI is InChI=1S/C18H18N4O4/c1-11-8-17(22-26-11)21-16-7-5-13(10-19-16)20-18(23)12-4-6-14(24-2)15(9-12)25-3/h4-10H,1-3H3,(H,20,23)(H,19,21,22). The molecule has 1 aromatic carbocycles. The molecule has 0 fully saturated rings. The molecule has 26 heavy (non-hydrogen) atoms. The second-order valence-electron chi connectivity index (χ2n) is 5.40. The summed E-state index contributed by atoms with van der Waals surface area (Å²) in [6.07, 6.45) is 1.55. The summed E-state index contributed by atoms with van der Waals surface area (Å²) < 4.78 is 15.4. The lowest BCUT2D eigenvalue weighted by atomic mass is 10.2. The largest absolute Gasteiger partial charge is 0.493 e. The number of hydrogen-bond donors (Lipinski definition) is 2. The zero-order valence-corrected chi connectivity index (χ0v) is 14.6. The van der Waals surface area contributed by atoms with Crippen molar-refractivity contribution in [3.8, 4) is 11.5 Å². The molecule has 8 heteroatoms. The number of amides is 1.